The molecule has 0 aliphatic rings. The Morgan fingerprint density at radius 2 is 1.59 bits per heavy atom. The fraction of sp³-hybridized carbons (Fsp3) is 0.120. The molecule has 0 spiro atoms. The second-order valence-corrected chi connectivity index (χ2v) is 7.08. The minimum atomic E-state index is -0.299. The molecule has 0 aliphatic heterocycles. The van der Waals surface area contributed by atoms with Crippen molar-refractivity contribution in [3.05, 3.63) is 89.5 Å². The zero-order valence-electron chi connectivity index (χ0n) is 16.5. The third kappa shape index (κ3) is 4.11. The van der Waals surface area contributed by atoms with E-state index in [-0.39, 0.29) is 12.5 Å². The van der Waals surface area contributed by atoms with Crippen LogP contribution < -0.4 is 10.2 Å². The van der Waals surface area contributed by atoms with Gasteiger partial charge in [0.15, 0.2) is 6.61 Å². The van der Waals surface area contributed by atoms with Crippen LogP contribution in [-0.2, 0) is 4.79 Å². The average Bonchev–Trinajstić information content (AvgIpc) is 2.74. The van der Waals surface area contributed by atoms with E-state index in [1.54, 1.807) is 6.21 Å². The smallest absolute Gasteiger partial charge is 0.277 e. The highest BCUT2D eigenvalue weighted by molar-refractivity contribution is 6.13. The molecule has 0 aromatic heterocycles. The molecule has 4 nitrogen and oxygen atoms in total. The van der Waals surface area contributed by atoms with Crippen molar-refractivity contribution < 1.29 is 9.53 Å². The molecule has 4 aromatic carbocycles. The highest BCUT2D eigenvalue weighted by atomic mass is 16.5. The van der Waals surface area contributed by atoms with Crippen LogP contribution in [0.1, 0.15) is 16.7 Å². The Morgan fingerprint density at radius 1 is 0.931 bits per heavy atom. The van der Waals surface area contributed by atoms with E-state index >= 15 is 0 Å². The third-order valence-corrected chi connectivity index (χ3v) is 4.90. The SMILES string of the molecule is Cc1ccc(C)c(OCC(=O)N/N=C/c2c3ccccc3cc3ccccc23)c1. The van der Waals surface area contributed by atoms with Gasteiger partial charge >= 0.3 is 0 Å². The van der Waals surface area contributed by atoms with Crippen LogP contribution in [0.3, 0.4) is 0 Å². The molecule has 29 heavy (non-hydrogen) atoms. The molecule has 4 aromatic rings. The molecule has 1 N–H and O–H groups in total. The van der Waals surface area contributed by atoms with Crippen LogP contribution in [0.15, 0.2) is 77.9 Å². The molecule has 0 fully saturated rings. The van der Waals surface area contributed by atoms with Gasteiger partial charge in [-0.1, -0.05) is 60.7 Å². The molecular formula is C25H22N2O2. The van der Waals surface area contributed by atoms with Gasteiger partial charge in [0.1, 0.15) is 5.75 Å². The summed E-state index contributed by atoms with van der Waals surface area (Å²) in [6, 6.07) is 24.4. The fourth-order valence-corrected chi connectivity index (χ4v) is 3.40. The van der Waals surface area contributed by atoms with Gasteiger partial charge in [0.25, 0.3) is 5.91 Å². The summed E-state index contributed by atoms with van der Waals surface area (Å²) < 4.78 is 5.64. The molecule has 0 aliphatic carbocycles. The number of hydrogen-bond acceptors (Lipinski definition) is 3. The molecule has 0 bridgehead atoms. The normalized spacial score (nSPS) is 11.2. The summed E-state index contributed by atoms with van der Waals surface area (Å²) in [4.78, 5) is 12.2. The number of hydrogen-bond donors (Lipinski definition) is 1. The van der Waals surface area contributed by atoms with Gasteiger partial charge in [-0.3, -0.25) is 4.79 Å². The van der Waals surface area contributed by atoms with Crippen LogP contribution in [0, 0.1) is 13.8 Å². The van der Waals surface area contributed by atoms with Crippen molar-refractivity contribution in [1.29, 1.82) is 0 Å². The number of nitrogens with zero attached hydrogens (tertiary/aromatic N) is 1. The van der Waals surface area contributed by atoms with Crippen molar-refractivity contribution >= 4 is 33.7 Å². The maximum atomic E-state index is 12.2. The Kier molecular flexibility index (Phi) is 5.25. The van der Waals surface area contributed by atoms with Gasteiger partial charge in [-0.25, -0.2) is 5.43 Å². The third-order valence-electron chi connectivity index (χ3n) is 4.90. The summed E-state index contributed by atoms with van der Waals surface area (Å²) in [6.45, 7) is 3.86. The van der Waals surface area contributed by atoms with Crippen LogP contribution >= 0.6 is 0 Å². The summed E-state index contributed by atoms with van der Waals surface area (Å²) in [7, 11) is 0. The topological polar surface area (TPSA) is 50.7 Å². The Hall–Kier alpha value is -3.66. The number of nitrogens with one attached hydrogen (secondary N) is 1. The summed E-state index contributed by atoms with van der Waals surface area (Å²) >= 11 is 0. The predicted molar refractivity (Wildman–Crippen MR) is 119 cm³/mol. The summed E-state index contributed by atoms with van der Waals surface area (Å²) in [5, 5.41) is 8.65. The van der Waals surface area contributed by atoms with E-state index in [4.69, 9.17) is 4.74 Å². The second-order valence-electron chi connectivity index (χ2n) is 7.08. The molecule has 4 heteroatoms. The standard InChI is InChI=1S/C25H22N2O2/c1-17-11-12-18(2)24(13-17)29-16-25(28)27-26-15-23-21-9-5-3-7-19(21)14-20-8-4-6-10-22(20)23/h3-15H,16H2,1-2H3,(H,27,28)/b26-15+. The molecule has 0 radical (unpaired) electrons. The lowest BCUT2D eigenvalue weighted by Crippen LogP contribution is -2.24. The van der Waals surface area contributed by atoms with E-state index in [1.807, 2.05) is 56.3 Å². The van der Waals surface area contributed by atoms with Crippen LogP contribution in [0.4, 0.5) is 0 Å². The monoisotopic (exact) mass is 382 g/mol. The van der Waals surface area contributed by atoms with Gasteiger partial charge in [0, 0.05) is 5.56 Å². The number of amides is 1. The number of rotatable bonds is 5. The molecular weight excluding hydrogens is 360 g/mol. The van der Waals surface area contributed by atoms with E-state index in [0.29, 0.717) is 5.75 Å². The van der Waals surface area contributed by atoms with Gasteiger partial charge in [-0.2, -0.15) is 5.10 Å². The first-order valence-electron chi connectivity index (χ1n) is 9.54. The van der Waals surface area contributed by atoms with Gasteiger partial charge in [-0.05, 0) is 58.7 Å². The average molecular weight is 382 g/mol. The van der Waals surface area contributed by atoms with Crippen LogP contribution in [0.2, 0.25) is 0 Å². The minimum Gasteiger partial charge on any atom is -0.483 e. The predicted octanol–water partition coefficient (Wildman–Crippen LogP) is 5.14. The summed E-state index contributed by atoms with van der Waals surface area (Å²) in [6.07, 6.45) is 1.71. The molecule has 0 heterocycles. The molecule has 0 saturated heterocycles. The van der Waals surface area contributed by atoms with Crippen molar-refractivity contribution in [2.24, 2.45) is 5.10 Å². The minimum absolute atomic E-state index is 0.0854. The lowest BCUT2D eigenvalue weighted by Gasteiger charge is -2.09. The van der Waals surface area contributed by atoms with Crippen molar-refractivity contribution in [2.75, 3.05) is 6.61 Å². The number of aryl methyl sites for hydroxylation is 2. The zero-order valence-corrected chi connectivity index (χ0v) is 16.5. The van der Waals surface area contributed by atoms with Crippen molar-refractivity contribution in [3.63, 3.8) is 0 Å². The van der Waals surface area contributed by atoms with Crippen LogP contribution in [0.25, 0.3) is 21.5 Å². The number of carbonyl (C=O) groups is 1. The van der Waals surface area contributed by atoms with Crippen molar-refractivity contribution in [2.45, 2.75) is 13.8 Å². The fourth-order valence-electron chi connectivity index (χ4n) is 3.40. The maximum Gasteiger partial charge on any atom is 0.277 e. The summed E-state index contributed by atoms with van der Waals surface area (Å²) in [5.41, 5.74) is 5.64. The first kappa shape index (κ1) is 18.7. The quantitative estimate of drug-likeness (QED) is 0.295. The van der Waals surface area contributed by atoms with Crippen molar-refractivity contribution in [3.8, 4) is 5.75 Å². The largest absolute Gasteiger partial charge is 0.483 e. The number of fused-ring (bicyclic) bond motifs is 2. The second kappa shape index (κ2) is 8.15. The Balaban J connectivity index is 1.52. The van der Waals surface area contributed by atoms with E-state index in [0.717, 1.165) is 38.2 Å². The highest BCUT2D eigenvalue weighted by Crippen LogP contribution is 2.27. The van der Waals surface area contributed by atoms with Crippen LogP contribution in [0.5, 0.6) is 5.75 Å². The van der Waals surface area contributed by atoms with Crippen molar-refractivity contribution in [1.82, 2.24) is 5.43 Å². The molecule has 0 unspecified atom stereocenters. The Bertz CT molecular complexity index is 1170. The van der Waals surface area contributed by atoms with E-state index in [2.05, 4.69) is 40.9 Å². The Labute approximate surface area is 169 Å². The number of carbonyl (C=O) groups excluding carboxylic acids is 1. The lowest BCUT2D eigenvalue weighted by atomic mass is 9.97. The molecule has 0 atom stereocenters. The number of hydrazone groups is 1. The maximum absolute atomic E-state index is 12.2. The first-order chi connectivity index (χ1) is 14.1. The van der Waals surface area contributed by atoms with E-state index < -0.39 is 0 Å². The van der Waals surface area contributed by atoms with Gasteiger partial charge in [-0.15, -0.1) is 0 Å². The molecule has 4 rings (SSSR count). The molecule has 144 valence electrons. The lowest BCUT2D eigenvalue weighted by molar-refractivity contribution is -0.123. The van der Waals surface area contributed by atoms with Gasteiger partial charge < -0.3 is 4.74 Å². The highest BCUT2D eigenvalue weighted by Gasteiger charge is 2.07. The first-order valence-corrected chi connectivity index (χ1v) is 9.54. The summed E-state index contributed by atoms with van der Waals surface area (Å²) in [5.74, 6) is 0.413. The van der Waals surface area contributed by atoms with Crippen LogP contribution in [-0.4, -0.2) is 18.7 Å². The van der Waals surface area contributed by atoms with Gasteiger partial charge in [0.05, 0.1) is 6.21 Å². The zero-order chi connectivity index (χ0) is 20.2. The van der Waals surface area contributed by atoms with E-state index in [9.17, 15) is 4.79 Å². The molecule has 1 amide bonds. The van der Waals surface area contributed by atoms with E-state index in [1.165, 1.54) is 0 Å². The number of ether oxygens (including phenoxy) is 1. The molecule has 0 saturated carbocycles. The van der Waals surface area contributed by atoms with Gasteiger partial charge in [0.2, 0.25) is 0 Å². The number of benzene rings is 4. The Morgan fingerprint density at radius 3 is 2.28 bits per heavy atom.